The van der Waals surface area contributed by atoms with Crippen molar-refractivity contribution in [1.82, 2.24) is 5.32 Å². The van der Waals surface area contributed by atoms with Crippen molar-refractivity contribution in [3.8, 4) is 23.6 Å². The van der Waals surface area contributed by atoms with Gasteiger partial charge in [-0.1, -0.05) is 41.9 Å². The number of nitriles is 2. The van der Waals surface area contributed by atoms with Crippen LogP contribution in [0, 0.1) is 22.7 Å². The Morgan fingerprint density at radius 3 is 2.53 bits per heavy atom. The van der Waals surface area contributed by atoms with E-state index in [1.165, 1.54) is 6.08 Å². The lowest BCUT2D eigenvalue weighted by molar-refractivity contribution is -0.117. The molecular formula is C26H19BrClN3O3. The maximum atomic E-state index is 12.5. The van der Waals surface area contributed by atoms with E-state index in [4.69, 9.17) is 21.1 Å². The highest BCUT2D eigenvalue weighted by Gasteiger charge is 2.13. The number of ether oxygens (including phenoxy) is 2. The fourth-order valence-electron chi connectivity index (χ4n) is 3.04. The quantitative estimate of drug-likeness (QED) is 0.291. The zero-order valence-corrected chi connectivity index (χ0v) is 20.5. The molecule has 0 heterocycles. The maximum absolute atomic E-state index is 12.5. The molecule has 0 radical (unpaired) electrons. The Balaban J connectivity index is 1.71. The van der Waals surface area contributed by atoms with Crippen molar-refractivity contribution in [3.63, 3.8) is 0 Å². The highest BCUT2D eigenvalue weighted by Crippen LogP contribution is 2.36. The van der Waals surface area contributed by atoms with Crippen LogP contribution in [-0.2, 0) is 17.9 Å². The highest BCUT2D eigenvalue weighted by molar-refractivity contribution is 9.10. The molecule has 3 aromatic carbocycles. The molecule has 0 saturated heterocycles. The number of carbonyl (C=O) groups is 1. The van der Waals surface area contributed by atoms with Gasteiger partial charge in [-0.3, -0.25) is 4.79 Å². The minimum absolute atomic E-state index is 0.0619. The largest absolute Gasteiger partial charge is 0.497 e. The van der Waals surface area contributed by atoms with Gasteiger partial charge >= 0.3 is 0 Å². The van der Waals surface area contributed by atoms with Gasteiger partial charge in [0.15, 0.2) is 5.75 Å². The first-order chi connectivity index (χ1) is 16.4. The van der Waals surface area contributed by atoms with Gasteiger partial charge in [-0.05, 0) is 63.5 Å². The van der Waals surface area contributed by atoms with Gasteiger partial charge in [-0.25, -0.2) is 0 Å². The average molecular weight is 537 g/mol. The molecule has 34 heavy (non-hydrogen) atoms. The van der Waals surface area contributed by atoms with Gasteiger partial charge < -0.3 is 14.8 Å². The minimum atomic E-state index is -0.501. The third kappa shape index (κ3) is 6.39. The predicted molar refractivity (Wildman–Crippen MR) is 133 cm³/mol. The Morgan fingerprint density at radius 1 is 1.15 bits per heavy atom. The summed E-state index contributed by atoms with van der Waals surface area (Å²) >= 11 is 9.84. The van der Waals surface area contributed by atoms with Crippen LogP contribution in [-0.4, -0.2) is 13.0 Å². The second-order valence-corrected chi connectivity index (χ2v) is 8.33. The van der Waals surface area contributed by atoms with E-state index in [9.17, 15) is 15.3 Å². The monoisotopic (exact) mass is 535 g/mol. The van der Waals surface area contributed by atoms with Gasteiger partial charge in [0.2, 0.25) is 0 Å². The Bertz CT molecular complexity index is 1290. The van der Waals surface area contributed by atoms with Gasteiger partial charge in [0.1, 0.15) is 24.0 Å². The van der Waals surface area contributed by atoms with Gasteiger partial charge in [0, 0.05) is 12.1 Å². The fourth-order valence-corrected chi connectivity index (χ4v) is 4.03. The third-order valence-corrected chi connectivity index (χ3v) is 5.69. The molecule has 0 bridgehead atoms. The van der Waals surface area contributed by atoms with Crippen LogP contribution in [0.5, 0.6) is 11.5 Å². The van der Waals surface area contributed by atoms with Crippen LogP contribution >= 0.6 is 27.5 Å². The van der Waals surface area contributed by atoms with Crippen molar-refractivity contribution in [2.24, 2.45) is 0 Å². The SMILES string of the molecule is COc1ccc(CNC(=O)/C(C#N)=C\c2cc(Cl)c(OCc3ccccc3C#N)c(Br)c2)cc1. The Labute approximate surface area is 211 Å². The molecule has 8 heteroatoms. The summed E-state index contributed by atoms with van der Waals surface area (Å²) in [7, 11) is 1.58. The molecule has 0 aliphatic carbocycles. The summed E-state index contributed by atoms with van der Waals surface area (Å²) in [5, 5.41) is 21.7. The smallest absolute Gasteiger partial charge is 0.262 e. The summed E-state index contributed by atoms with van der Waals surface area (Å²) in [6.45, 7) is 0.428. The maximum Gasteiger partial charge on any atom is 0.262 e. The van der Waals surface area contributed by atoms with Gasteiger partial charge in [0.25, 0.3) is 5.91 Å². The molecule has 0 unspecified atom stereocenters. The fraction of sp³-hybridized carbons (Fsp3) is 0.115. The summed E-state index contributed by atoms with van der Waals surface area (Å²) in [5.41, 5.74) is 2.62. The van der Waals surface area contributed by atoms with E-state index >= 15 is 0 Å². The number of halogens is 2. The van der Waals surface area contributed by atoms with E-state index < -0.39 is 5.91 Å². The van der Waals surface area contributed by atoms with Crippen LogP contribution in [0.3, 0.4) is 0 Å². The molecule has 3 rings (SSSR count). The first-order valence-electron chi connectivity index (χ1n) is 10.1. The second kappa shape index (κ2) is 11.9. The van der Waals surface area contributed by atoms with Crippen molar-refractivity contribution in [2.75, 3.05) is 7.11 Å². The van der Waals surface area contributed by atoms with E-state index in [0.29, 0.717) is 26.4 Å². The summed E-state index contributed by atoms with van der Waals surface area (Å²) in [4.78, 5) is 12.5. The molecular weight excluding hydrogens is 518 g/mol. The van der Waals surface area contributed by atoms with Crippen LogP contribution in [0.25, 0.3) is 6.08 Å². The van der Waals surface area contributed by atoms with Crippen LogP contribution in [0.4, 0.5) is 0 Å². The Kier molecular flexibility index (Phi) is 8.70. The Morgan fingerprint density at radius 2 is 1.88 bits per heavy atom. The number of hydrogen-bond donors (Lipinski definition) is 1. The number of nitrogens with zero attached hydrogens (tertiary/aromatic N) is 2. The first kappa shape index (κ1) is 24.9. The molecule has 6 nitrogen and oxygen atoms in total. The first-order valence-corrected chi connectivity index (χ1v) is 11.2. The molecule has 0 fully saturated rings. The topological polar surface area (TPSA) is 95.1 Å². The predicted octanol–water partition coefficient (Wildman–Crippen LogP) is 5.79. The third-order valence-electron chi connectivity index (χ3n) is 4.82. The summed E-state index contributed by atoms with van der Waals surface area (Å²) < 4.78 is 11.5. The minimum Gasteiger partial charge on any atom is -0.497 e. The number of hydrogen-bond acceptors (Lipinski definition) is 5. The number of carbonyl (C=O) groups excluding carboxylic acids is 1. The highest BCUT2D eigenvalue weighted by atomic mass is 79.9. The van der Waals surface area contributed by atoms with Crippen LogP contribution in [0.15, 0.2) is 70.7 Å². The summed E-state index contributed by atoms with van der Waals surface area (Å²) in [6, 6.07) is 21.7. The van der Waals surface area contributed by atoms with Crippen LogP contribution < -0.4 is 14.8 Å². The van der Waals surface area contributed by atoms with Crippen molar-refractivity contribution in [3.05, 3.63) is 98.0 Å². The van der Waals surface area contributed by atoms with E-state index in [1.54, 1.807) is 49.6 Å². The Hall–Kier alpha value is -3.78. The van der Waals surface area contributed by atoms with E-state index in [1.807, 2.05) is 24.3 Å². The van der Waals surface area contributed by atoms with Gasteiger partial charge in [0.05, 0.1) is 28.2 Å². The number of amides is 1. The van der Waals surface area contributed by atoms with E-state index in [0.717, 1.165) is 16.9 Å². The lowest BCUT2D eigenvalue weighted by atomic mass is 10.1. The van der Waals surface area contributed by atoms with Crippen molar-refractivity contribution in [2.45, 2.75) is 13.2 Å². The number of methoxy groups -OCH3 is 1. The molecule has 0 atom stereocenters. The molecule has 0 aromatic heterocycles. The number of benzene rings is 3. The lowest BCUT2D eigenvalue weighted by Crippen LogP contribution is -2.23. The molecule has 0 aliphatic heterocycles. The molecule has 0 saturated carbocycles. The van der Waals surface area contributed by atoms with Crippen LogP contribution in [0.2, 0.25) is 5.02 Å². The zero-order valence-electron chi connectivity index (χ0n) is 18.1. The number of rotatable bonds is 8. The molecule has 1 N–H and O–H groups in total. The number of nitrogens with one attached hydrogen (secondary N) is 1. The summed E-state index contributed by atoms with van der Waals surface area (Å²) in [6.07, 6.45) is 1.45. The second-order valence-electron chi connectivity index (χ2n) is 7.07. The standard InChI is InChI=1S/C26H19BrClN3O3/c1-33-22-8-6-17(7-9-22)15-31-26(32)21(14-30)10-18-11-23(27)25(24(28)12-18)34-16-20-5-3-2-4-19(20)13-29/h2-12H,15-16H2,1H3,(H,31,32)/b21-10-. The van der Waals surface area contributed by atoms with Gasteiger partial charge in [-0.15, -0.1) is 0 Å². The van der Waals surface area contributed by atoms with E-state index in [2.05, 4.69) is 27.3 Å². The van der Waals surface area contributed by atoms with Gasteiger partial charge in [-0.2, -0.15) is 10.5 Å². The van der Waals surface area contributed by atoms with Crippen molar-refractivity contribution < 1.29 is 14.3 Å². The molecule has 0 spiro atoms. The molecule has 3 aromatic rings. The molecule has 170 valence electrons. The average Bonchev–Trinajstić information content (AvgIpc) is 2.85. The zero-order chi connectivity index (χ0) is 24.5. The summed E-state index contributed by atoms with van der Waals surface area (Å²) in [5.74, 6) is 0.616. The molecule has 0 aliphatic rings. The molecule has 1 amide bonds. The lowest BCUT2D eigenvalue weighted by Gasteiger charge is -2.12. The normalized spacial score (nSPS) is 10.7. The van der Waals surface area contributed by atoms with E-state index in [-0.39, 0.29) is 18.7 Å². The van der Waals surface area contributed by atoms with Crippen LogP contribution in [0.1, 0.15) is 22.3 Å². The van der Waals surface area contributed by atoms with Crippen molar-refractivity contribution >= 4 is 39.5 Å². The van der Waals surface area contributed by atoms with Crippen molar-refractivity contribution in [1.29, 1.82) is 10.5 Å².